The molecule has 1 amide bonds. The number of hydrogen-bond acceptors (Lipinski definition) is 4. The first kappa shape index (κ1) is 17.8. The molecule has 0 bridgehead atoms. The molecular formula is C18H25N3O3. The van der Waals surface area contributed by atoms with Crippen molar-refractivity contribution in [3.05, 3.63) is 36.0 Å². The SMILES string of the molecule is COc1cc(CCC(=O)Nc2ccnn2CC(C)C)cc(OC)c1. The molecular weight excluding hydrogens is 306 g/mol. The van der Waals surface area contributed by atoms with E-state index in [4.69, 9.17) is 9.47 Å². The second-order valence-corrected chi connectivity index (χ2v) is 6.06. The van der Waals surface area contributed by atoms with Crippen LogP contribution >= 0.6 is 0 Å². The fraction of sp³-hybridized carbons (Fsp3) is 0.444. The Morgan fingerprint density at radius 3 is 2.46 bits per heavy atom. The molecule has 2 aromatic rings. The lowest BCUT2D eigenvalue weighted by Crippen LogP contribution is -2.17. The van der Waals surface area contributed by atoms with Gasteiger partial charge in [0.15, 0.2) is 0 Å². The quantitative estimate of drug-likeness (QED) is 0.807. The Kier molecular flexibility index (Phi) is 6.23. The van der Waals surface area contributed by atoms with E-state index in [-0.39, 0.29) is 5.91 Å². The van der Waals surface area contributed by atoms with Crippen LogP contribution in [0, 0.1) is 5.92 Å². The highest BCUT2D eigenvalue weighted by molar-refractivity contribution is 5.89. The summed E-state index contributed by atoms with van der Waals surface area (Å²) in [7, 11) is 3.22. The summed E-state index contributed by atoms with van der Waals surface area (Å²) in [5.41, 5.74) is 0.997. The summed E-state index contributed by atoms with van der Waals surface area (Å²) < 4.78 is 12.3. The van der Waals surface area contributed by atoms with Gasteiger partial charge in [-0.15, -0.1) is 0 Å². The molecule has 0 aliphatic carbocycles. The highest BCUT2D eigenvalue weighted by Crippen LogP contribution is 2.23. The van der Waals surface area contributed by atoms with Crippen LogP contribution in [0.3, 0.4) is 0 Å². The lowest BCUT2D eigenvalue weighted by molar-refractivity contribution is -0.116. The average Bonchev–Trinajstić information content (AvgIpc) is 2.98. The second kappa shape index (κ2) is 8.38. The van der Waals surface area contributed by atoms with Gasteiger partial charge in [-0.05, 0) is 30.0 Å². The van der Waals surface area contributed by atoms with E-state index in [9.17, 15) is 4.79 Å². The van der Waals surface area contributed by atoms with Crippen LogP contribution in [-0.2, 0) is 17.8 Å². The number of aryl methyl sites for hydroxylation is 1. The zero-order valence-electron chi connectivity index (χ0n) is 14.7. The molecule has 0 spiro atoms. The summed E-state index contributed by atoms with van der Waals surface area (Å²) in [5.74, 6) is 2.60. The molecule has 130 valence electrons. The number of carbonyl (C=O) groups is 1. The van der Waals surface area contributed by atoms with Crippen molar-refractivity contribution >= 4 is 11.7 Å². The van der Waals surface area contributed by atoms with E-state index in [1.807, 2.05) is 28.9 Å². The molecule has 1 heterocycles. The molecule has 0 radical (unpaired) electrons. The van der Waals surface area contributed by atoms with Crippen molar-refractivity contribution in [1.82, 2.24) is 9.78 Å². The minimum absolute atomic E-state index is 0.0395. The van der Waals surface area contributed by atoms with Gasteiger partial charge in [0.25, 0.3) is 0 Å². The second-order valence-electron chi connectivity index (χ2n) is 6.06. The highest BCUT2D eigenvalue weighted by Gasteiger charge is 2.10. The fourth-order valence-electron chi connectivity index (χ4n) is 2.40. The molecule has 0 saturated heterocycles. The topological polar surface area (TPSA) is 65.4 Å². The summed E-state index contributed by atoms with van der Waals surface area (Å²) in [5, 5.41) is 7.16. The van der Waals surface area contributed by atoms with E-state index in [0.717, 1.165) is 29.4 Å². The summed E-state index contributed by atoms with van der Waals surface area (Å²) in [4.78, 5) is 12.2. The molecule has 6 heteroatoms. The molecule has 0 aliphatic rings. The van der Waals surface area contributed by atoms with Crippen molar-refractivity contribution in [2.45, 2.75) is 33.2 Å². The number of hydrogen-bond donors (Lipinski definition) is 1. The molecule has 0 saturated carbocycles. The third kappa shape index (κ3) is 5.01. The lowest BCUT2D eigenvalue weighted by atomic mass is 10.1. The number of amides is 1. The first-order valence-electron chi connectivity index (χ1n) is 8.05. The van der Waals surface area contributed by atoms with E-state index < -0.39 is 0 Å². The minimum atomic E-state index is -0.0395. The number of aromatic nitrogens is 2. The van der Waals surface area contributed by atoms with Crippen LogP contribution < -0.4 is 14.8 Å². The third-order valence-electron chi connectivity index (χ3n) is 3.57. The van der Waals surface area contributed by atoms with Gasteiger partial charge in [-0.25, -0.2) is 4.68 Å². The molecule has 1 aromatic heterocycles. The molecule has 0 fully saturated rings. The molecule has 0 atom stereocenters. The number of anilines is 1. The molecule has 0 unspecified atom stereocenters. The van der Waals surface area contributed by atoms with Crippen molar-refractivity contribution in [2.24, 2.45) is 5.92 Å². The number of rotatable bonds is 8. The lowest BCUT2D eigenvalue weighted by Gasteiger charge is -2.11. The minimum Gasteiger partial charge on any atom is -0.497 e. The Labute approximate surface area is 142 Å². The van der Waals surface area contributed by atoms with Crippen LogP contribution in [0.4, 0.5) is 5.82 Å². The molecule has 2 rings (SSSR count). The summed E-state index contributed by atoms with van der Waals surface area (Å²) in [6, 6.07) is 7.46. The Morgan fingerprint density at radius 1 is 1.21 bits per heavy atom. The van der Waals surface area contributed by atoms with E-state index in [0.29, 0.717) is 18.8 Å². The van der Waals surface area contributed by atoms with Gasteiger partial charge in [-0.1, -0.05) is 13.8 Å². The number of ether oxygens (including phenoxy) is 2. The summed E-state index contributed by atoms with van der Waals surface area (Å²) in [6.45, 7) is 5.00. The summed E-state index contributed by atoms with van der Waals surface area (Å²) in [6.07, 6.45) is 2.69. The van der Waals surface area contributed by atoms with Crippen molar-refractivity contribution < 1.29 is 14.3 Å². The van der Waals surface area contributed by atoms with Gasteiger partial charge in [0, 0.05) is 25.1 Å². The van der Waals surface area contributed by atoms with Crippen LogP contribution in [-0.4, -0.2) is 29.9 Å². The van der Waals surface area contributed by atoms with Gasteiger partial charge in [-0.2, -0.15) is 5.10 Å². The van der Waals surface area contributed by atoms with Crippen molar-refractivity contribution in [3.8, 4) is 11.5 Å². The van der Waals surface area contributed by atoms with E-state index in [2.05, 4.69) is 24.3 Å². The van der Waals surface area contributed by atoms with Crippen LogP contribution in [0.5, 0.6) is 11.5 Å². The summed E-state index contributed by atoms with van der Waals surface area (Å²) >= 11 is 0. The molecule has 1 aromatic carbocycles. The van der Waals surface area contributed by atoms with Crippen LogP contribution in [0.1, 0.15) is 25.8 Å². The first-order valence-corrected chi connectivity index (χ1v) is 8.05. The Morgan fingerprint density at radius 2 is 1.88 bits per heavy atom. The number of carbonyl (C=O) groups excluding carboxylic acids is 1. The van der Waals surface area contributed by atoms with Gasteiger partial charge < -0.3 is 14.8 Å². The predicted molar refractivity (Wildman–Crippen MR) is 93.6 cm³/mol. The Hall–Kier alpha value is -2.50. The Bertz CT molecular complexity index is 658. The number of nitrogens with zero attached hydrogens (tertiary/aromatic N) is 2. The molecule has 6 nitrogen and oxygen atoms in total. The first-order chi connectivity index (χ1) is 11.5. The molecule has 0 aliphatic heterocycles. The highest BCUT2D eigenvalue weighted by atomic mass is 16.5. The van der Waals surface area contributed by atoms with Gasteiger partial charge >= 0.3 is 0 Å². The number of methoxy groups -OCH3 is 2. The van der Waals surface area contributed by atoms with Crippen molar-refractivity contribution in [2.75, 3.05) is 19.5 Å². The van der Waals surface area contributed by atoms with Crippen LogP contribution in [0.25, 0.3) is 0 Å². The largest absolute Gasteiger partial charge is 0.497 e. The average molecular weight is 331 g/mol. The van der Waals surface area contributed by atoms with Gasteiger partial charge in [-0.3, -0.25) is 4.79 Å². The standard InChI is InChI=1S/C18H25N3O3/c1-13(2)12-21-17(7-8-19-21)20-18(22)6-5-14-9-15(23-3)11-16(10-14)24-4/h7-11,13H,5-6,12H2,1-4H3,(H,20,22). The maximum absolute atomic E-state index is 12.2. The van der Waals surface area contributed by atoms with Gasteiger partial charge in [0.2, 0.25) is 5.91 Å². The van der Waals surface area contributed by atoms with Crippen LogP contribution in [0.15, 0.2) is 30.5 Å². The van der Waals surface area contributed by atoms with E-state index >= 15 is 0 Å². The maximum Gasteiger partial charge on any atom is 0.225 e. The van der Waals surface area contributed by atoms with Gasteiger partial charge in [0.1, 0.15) is 17.3 Å². The van der Waals surface area contributed by atoms with Crippen LogP contribution in [0.2, 0.25) is 0 Å². The van der Waals surface area contributed by atoms with E-state index in [1.54, 1.807) is 20.4 Å². The fourth-order valence-corrected chi connectivity index (χ4v) is 2.40. The van der Waals surface area contributed by atoms with Crippen molar-refractivity contribution in [3.63, 3.8) is 0 Å². The molecule has 1 N–H and O–H groups in total. The molecule has 24 heavy (non-hydrogen) atoms. The maximum atomic E-state index is 12.2. The smallest absolute Gasteiger partial charge is 0.225 e. The monoisotopic (exact) mass is 331 g/mol. The zero-order valence-corrected chi connectivity index (χ0v) is 14.7. The predicted octanol–water partition coefficient (Wildman–Crippen LogP) is 3.13. The van der Waals surface area contributed by atoms with Crippen molar-refractivity contribution in [1.29, 1.82) is 0 Å². The number of nitrogens with one attached hydrogen (secondary N) is 1. The number of benzene rings is 1. The van der Waals surface area contributed by atoms with Gasteiger partial charge in [0.05, 0.1) is 20.4 Å². The zero-order chi connectivity index (χ0) is 17.5. The van der Waals surface area contributed by atoms with E-state index in [1.165, 1.54) is 0 Å². The third-order valence-corrected chi connectivity index (χ3v) is 3.57. The normalized spacial score (nSPS) is 10.7. The Balaban J connectivity index is 1.95.